The van der Waals surface area contributed by atoms with Crippen LogP contribution < -0.4 is 0 Å². The van der Waals surface area contributed by atoms with Gasteiger partial charge in [0.25, 0.3) is 0 Å². The summed E-state index contributed by atoms with van der Waals surface area (Å²) in [5, 5.41) is 6.12. The quantitative estimate of drug-likeness (QED) is 0.824. The Labute approximate surface area is 109 Å². The van der Waals surface area contributed by atoms with Crippen LogP contribution in [0.4, 0.5) is 0 Å². The van der Waals surface area contributed by atoms with E-state index in [1.54, 1.807) is 22.3 Å². The second kappa shape index (κ2) is 4.53. The Bertz CT molecular complexity index is 548. The van der Waals surface area contributed by atoms with E-state index < -0.39 is 0 Å². The molecule has 0 unspecified atom stereocenters. The van der Waals surface area contributed by atoms with Crippen molar-refractivity contribution in [2.24, 2.45) is 0 Å². The highest BCUT2D eigenvalue weighted by Gasteiger charge is 2.26. The van der Waals surface area contributed by atoms with Gasteiger partial charge >= 0.3 is 0 Å². The number of amides is 1. The number of fused-ring (bicyclic) bond motifs is 1. The van der Waals surface area contributed by atoms with Gasteiger partial charge in [-0.25, -0.2) is 9.67 Å². The standard InChI is InChI=1S/C12H14N4OS/c1-9(16-8-13-7-14-16)12(17)15-4-2-11-10(6-15)3-5-18-11/h3,5,7-9H,2,4,6H2,1H3/t9-/m0/s1. The van der Waals surface area contributed by atoms with Gasteiger partial charge in [0, 0.05) is 18.0 Å². The maximum Gasteiger partial charge on any atom is 0.247 e. The number of nitrogens with zero attached hydrogens (tertiary/aromatic N) is 4. The SMILES string of the molecule is C[C@@H](C(=O)N1CCc2sccc2C1)n1cncn1. The number of hydrogen-bond acceptors (Lipinski definition) is 4. The summed E-state index contributed by atoms with van der Waals surface area (Å²) in [5.41, 5.74) is 1.28. The fourth-order valence-corrected chi connectivity index (χ4v) is 3.12. The molecule has 94 valence electrons. The second-order valence-electron chi connectivity index (χ2n) is 4.43. The van der Waals surface area contributed by atoms with Crippen molar-refractivity contribution in [2.45, 2.75) is 25.9 Å². The smallest absolute Gasteiger partial charge is 0.247 e. The van der Waals surface area contributed by atoms with E-state index in [1.807, 2.05) is 11.8 Å². The Morgan fingerprint density at radius 3 is 3.22 bits per heavy atom. The van der Waals surface area contributed by atoms with Crippen LogP contribution in [0.15, 0.2) is 24.1 Å². The summed E-state index contributed by atoms with van der Waals surface area (Å²) >= 11 is 1.78. The molecule has 3 heterocycles. The van der Waals surface area contributed by atoms with Crippen LogP contribution in [0.1, 0.15) is 23.4 Å². The lowest BCUT2D eigenvalue weighted by Gasteiger charge is -2.29. The van der Waals surface area contributed by atoms with Crippen LogP contribution in [-0.4, -0.2) is 32.1 Å². The first-order valence-corrected chi connectivity index (χ1v) is 6.82. The number of hydrogen-bond donors (Lipinski definition) is 0. The third-order valence-electron chi connectivity index (χ3n) is 3.31. The molecule has 2 aromatic heterocycles. The highest BCUT2D eigenvalue weighted by molar-refractivity contribution is 7.10. The van der Waals surface area contributed by atoms with E-state index in [0.29, 0.717) is 0 Å². The highest BCUT2D eigenvalue weighted by atomic mass is 32.1. The Balaban J connectivity index is 1.75. The van der Waals surface area contributed by atoms with Crippen molar-refractivity contribution in [2.75, 3.05) is 6.54 Å². The van der Waals surface area contributed by atoms with Gasteiger partial charge < -0.3 is 4.90 Å². The average molecular weight is 262 g/mol. The van der Waals surface area contributed by atoms with Crippen LogP contribution in [0.5, 0.6) is 0 Å². The average Bonchev–Trinajstić information content (AvgIpc) is 3.06. The minimum atomic E-state index is -0.285. The molecule has 1 amide bonds. The van der Waals surface area contributed by atoms with Crippen molar-refractivity contribution in [3.05, 3.63) is 34.5 Å². The van der Waals surface area contributed by atoms with Crippen molar-refractivity contribution >= 4 is 17.2 Å². The molecule has 0 N–H and O–H groups in total. The fraction of sp³-hybridized carbons (Fsp3) is 0.417. The van der Waals surface area contributed by atoms with Gasteiger partial charge in [0.05, 0.1) is 0 Å². The summed E-state index contributed by atoms with van der Waals surface area (Å²) < 4.78 is 1.60. The lowest BCUT2D eigenvalue weighted by molar-refractivity contribution is -0.135. The van der Waals surface area contributed by atoms with Gasteiger partial charge in [-0.2, -0.15) is 5.10 Å². The molecule has 0 bridgehead atoms. The topological polar surface area (TPSA) is 51.0 Å². The monoisotopic (exact) mass is 262 g/mol. The van der Waals surface area contributed by atoms with Crippen molar-refractivity contribution < 1.29 is 4.79 Å². The summed E-state index contributed by atoms with van der Waals surface area (Å²) in [6, 6.07) is 1.83. The molecule has 18 heavy (non-hydrogen) atoms. The molecule has 1 aliphatic rings. The second-order valence-corrected chi connectivity index (χ2v) is 5.43. The summed E-state index contributed by atoms with van der Waals surface area (Å²) in [6.45, 7) is 3.38. The van der Waals surface area contributed by atoms with Crippen LogP contribution in [-0.2, 0) is 17.8 Å². The Hall–Kier alpha value is -1.69. The van der Waals surface area contributed by atoms with Gasteiger partial charge in [0.1, 0.15) is 18.7 Å². The fourth-order valence-electron chi connectivity index (χ4n) is 2.23. The minimum absolute atomic E-state index is 0.109. The minimum Gasteiger partial charge on any atom is -0.336 e. The van der Waals surface area contributed by atoms with Crippen LogP contribution >= 0.6 is 11.3 Å². The molecule has 5 nitrogen and oxygen atoms in total. The van der Waals surface area contributed by atoms with Gasteiger partial charge in [0.2, 0.25) is 5.91 Å². The highest BCUT2D eigenvalue weighted by Crippen LogP contribution is 2.25. The summed E-state index contributed by atoms with van der Waals surface area (Å²) in [4.78, 5) is 19.6. The Morgan fingerprint density at radius 1 is 1.56 bits per heavy atom. The van der Waals surface area contributed by atoms with Crippen LogP contribution in [0.3, 0.4) is 0 Å². The predicted molar refractivity (Wildman–Crippen MR) is 68.2 cm³/mol. The van der Waals surface area contributed by atoms with Gasteiger partial charge in [-0.15, -0.1) is 11.3 Å². The van der Waals surface area contributed by atoms with Crippen LogP contribution in [0, 0.1) is 0 Å². The molecule has 0 fully saturated rings. The third kappa shape index (κ3) is 1.92. The largest absolute Gasteiger partial charge is 0.336 e. The third-order valence-corrected chi connectivity index (χ3v) is 4.33. The molecule has 0 aliphatic carbocycles. The molecule has 0 radical (unpaired) electrons. The number of thiophene rings is 1. The molecular formula is C12H14N4OS. The zero-order valence-corrected chi connectivity index (χ0v) is 10.9. The first-order valence-electron chi connectivity index (χ1n) is 5.94. The van der Waals surface area contributed by atoms with E-state index in [4.69, 9.17) is 0 Å². The Morgan fingerprint density at radius 2 is 2.44 bits per heavy atom. The first-order chi connectivity index (χ1) is 8.75. The van der Waals surface area contributed by atoms with E-state index in [-0.39, 0.29) is 11.9 Å². The van der Waals surface area contributed by atoms with E-state index in [0.717, 1.165) is 19.5 Å². The van der Waals surface area contributed by atoms with Crippen molar-refractivity contribution in [1.29, 1.82) is 0 Å². The molecule has 0 aromatic carbocycles. The van der Waals surface area contributed by atoms with Crippen molar-refractivity contribution in [1.82, 2.24) is 19.7 Å². The zero-order chi connectivity index (χ0) is 12.5. The van der Waals surface area contributed by atoms with Crippen molar-refractivity contribution in [3.63, 3.8) is 0 Å². The Kier molecular flexibility index (Phi) is 2.87. The molecule has 6 heteroatoms. The molecule has 0 saturated heterocycles. The molecule has 2 aromatic rings. The van der Waals surface area contributed by atoms with E-state index in [9.17, 15) is 4.79 Å². The summed E-state index contributed by atoms with van der Waals surface area (Å²) in [5.74, 6) is 0.109. The summed E-state index contributed by atoms with van der Waals surface area (Å²) in [7, 11) is 0. The van der Waals surface area contributed by atoms with E-state index >= 15 is 0 Å². The van der Waals surface area contributed by atoms with E-state index in [2.05, 4.69) is 21.5 Å². The summed E-state index contributed by atoms with van der Waals surface area (Å²) in [6.07, 6.45) is 4.00. The molecule has 1 aliphatic heterocycles. The van der Waals surface area contributed by atoms with Gasteiger partial charge in [-0.05, 0) is 30.4 Å². The maximum absolute atomic E-state index is 12.4. The molecular weight excluding hydrogens is 248 g/mol. The first kappa shape index (κ1) is 11.4. The predicted octanol–water partition coefficient (Wildman–Crippen LogP) is 1.49. The lowest BCUT2D eigenvalue weighted by Crippen LogP contribution is -2.39. The van der Waals surface area contributed by atoms with Crippen LogP contribution in [0.2, 0.25) is 0 Å². The lowest BCUT2D eigenvalue weighted by atomic mass is 10.1. The number of carbonyl (C=O) groups excluding carboxylic acids is 1. The number of aromatic nitrogens is 3. The van der Waals surface area contributed by atoms with Crippen LogP contribution in [0.25, 0.3) is 0 Å². The molecule has 0 saturated carbocycles. The number of rotatable bonds is 2. The maximum atomic E-state index is 12.4. The van der Waals surface area contributed by atoms with Gasteiger partial charge in [-0.3, -0.25) is 4.79 Å². The molecule has 3 rings (SSSR count). The normalized spacial score (nSPS) is 16.4. The van der Waals surface area contributed by atoms with Gasteiger partial charge in [-0.1, -0.05) is 0 Å². The molecule has 1 atom stereocenters. The van der Waals surface area contributed by atoms with Crippen molar-refractivity contribution in [3.8, 4) is 0 Å². The zero-order valence-electron chi connectivity index (χ0n) is 10.1. The van der Waals surface area contributed by atoms with Gasteiger partial charge in [0.15, 0.2) is 0 Å². The number of carbonyl (C=O) groups is 1. The molecule has 0 spiro atoms. The van der Waals surface area contributed by atoms with E-state index in [1.165, 1.54) is 16.8 Å².